The number of rotatable bonds is 8. The summed E-state index contributed by atoms with van der Waals surface area (Å²) in [6, 6.07) is 13.6. The van der Waals surface area contributed by atoms with Gasteiger partial charge >= 0.3 is 5.97 Å². The van der Waals surface area contributed by atoms with Crippen LogP contribution in [0.15, 0.2) is 65.0 Å². The molecule has 1 unspecified atom stereocenters. The van der Waals surface area contributed by atoms with Crippen molar-refractivity contribution in [3.05, 3.63) is 76.7 Å². The van der Waals surface area contributed by atoms with Gasteiger partial charge in [0, 0.05) is 11.4 Å². The first-order valence-corrected chi connectivity index (χ1v) is 12.1. The molecular formula is C25H27FN4O3S. The van der Waals surface area contributed by atoms with Crippen LogP contribution >= 0.6 is 11.8 Å². The van der Waals surface area contributed by atoms with Gasteiger partial charge in [0.25, 0.3) is 0 Å². The van der Waals surface area contributed by atoms with E-state index in [0.29, 0.717) is 46.0 Å². The van der Waals surface area contributed by atoms with Crippen molar-refractivity contribution in [3.8, 4) is 5.75 Å². The van der Waals surface area contributed by atoms with E-state index in [4.69, 9.17) is 9.47 Å². The Labute approximate surface area is 202 Å². The summed E-state index contributed by atoms with van der Waals surface area (Å²) in [6.07, 6.45) is -0.271. The lowest BCUT2D eigenvalue weighted by Gasteiger charge is -2.28. The lowest BCUT2D eigenvalue weighted by molar-refractivity contribution is -0.143. The maximum atomic E-state index is 14.1. The highest BCUT2D eigenvalue weighted by atomic mass is 32.2. The van der Waals surface area contributed by atoms with Gasteiger partial charge in [0.05, 0.1) is 18.3 Å². The molecule has 1 aliphatic rings. The maximum Gasteiger partial charge on any atom is 0.338 e. The minimum absolute atomic E-state index is 0.265. The van der Waals surface area contributed by atoms with Crippen molar-refractivity contribution >= 4 is 23.7 Å². The molecule has 0 aliphatic carbocycles. The minimum Gasteiger partial charge on any atom is -0.494 e. The molecule has 1 N–H and O–H groups in total. The summed E-state index contributed by atoms with van der Waals surface area (Å²) in [5.74, 6) is 0.896. The molecule has 3 aromatic rings. The van der Waals surface area contributed by atoms with Crippen molar-refractivity contribution in [2.75, 3.05) is 11.9 Å². The molecule has 0 radical (unpaired) electrons. The van der Waals surface area contributed by atoms with Crippen LogP contribution in [0.25, 0.3) is 0 Å². The van der Waals surface area contributed by atoms with Crippen LogP contribution in [-0.2, 0) is 15.3 Å². The van der Waals surface area contributed by atoms with E-state index in [1.54, 1.807) is 22.9 Å². The summed E-state index contributed by atoms with van der Waals surface area (Å²) in [5.41, 5.74) is 2.48. The number of anilines is 1. The molecule has 4 rings (SSSR count). The van der Waals surface area contributed by atoms with Crippen LogP contribution in [0.2, 0.25) is 0 Å². The normalized spacial score (nSPS) is 15.2. The highest BCUT2D eigenvalue weighted by Crippen LogP contribution is 2.38. The zero-order chi connectivity index (χ0) is 24.2. The maximum absolute atomic E-state index is 14.1. The SMILES string of the molecule is CCOc1cccc(C2C(C(=O)OC(C)C)=C(C)Nc3nc(SCc4ccccc4F)nn32)c1. The lowest BCUT2D eigenvalue weighted by atomic mass is 9.95. The molecule has 0 amide bonds. The van der Waals surface area contributed by atoms with Crippen LogP contribution in [0.1, 0.15) is 44.9 Å². The van der Waals surface area contributed by atoms with E-state index >= 15 is 0 Å². The number of carbonyl (C=O) groups is 1. The molecule has 0 saturated heterocycles. The van der Waals surface area contributed by atoms with Gasteiger partial charge in [-0.05, 0) is 57.0 Å². The molecule has 9 heteroatoms. The average molecular weight is 483 g/mol. The lowest BCUT2D eigenvalue weighted by Crippen LogP contribution is -2.30. The van der Waals surface area contributed by atoms with Gasteiger partial charge in [-0.15, -0.1) is 5.10 Å². The second-order valence-electron chi connectivity index (χ2n) is 8.07. The van der Waals surface area contributed by atoms with Crippen LogP contribution < -0.4 is 10.1 Å². The van der Waals surface area contributed by atoms with Crippen LogP contribution in [0.5, 0.6) is 5.75 Å². The third kappa shape index (κ3) is 5.09. The largest absolute Gasteiger partial charge is 0.494 e. The van der Waals surface area contributed by atoms with Gasteiger partial charge < -0.3 is 14.8 Å². The number of esters is 1. The molecule has 2 heterocycles. The van der Waals surface area contributed by atoms with E-state index in [9.17, 15) is 9.18 Å². The Morgan fingerprint density at radius 3 is 2.76 bits per heavy atom. The Morgan fingerprint density at radius 2 is 2.03 bits per heavy atom. The van der Waals surface area contributed by atoms with Crippen molar-refractivity contribution in [2.24, 2.45) is 0 Å². The number of nitrogens with one attached hydrogen (secondary N) is 1. The fourth-order valence-corrected chi connectivity index (χ4v) is 4.56. The third-order valence-electron chi connectivity index (χ3n) is 5.20. The van der Waals surface area contributed by atoms with Gasteiger partial charge in [-0.2, -0.15) is 4.98 Å². The molecule has 178 valence electrons. The summed E-state index contributed by atoms with van der Waals surface area (Å²) >= 11 is 1.33. The summed E-state index contributed by atoms with van der Waals surface area (Å²) in [4.78, 5) is 17.7. The third-order valence-corrected chi connectivity index (χ3v) is 6.08. The average Bonchev–Trinajstić information content (AvgIpc) is 3.19. The Bertz CT molecular complexity index is 1220. The monoisotopic (exact) mass is 482 g/mol. The Morgan fingerprint density at radius 1 is 1.24 bits per heavy atom. The van der Waals surface area contributed by atoms with Crippen LogP contribution in [0.4, 0.5) is 10.3 Å². The van der Waals surface area contributed by atoms with E-state index in [-0.39, 0.29) is 11.9 Å². The fourth-order valence-electron chi connectivity index (χ4n) is 3.74. The number of aromatic nitrogens is 3. The second-order valence-corrected chi connectivity index (χ2v) is 9.01. The van der Waals surface area contributed by atoms with E-state index in [0.717, 1.165) is 5.56 Å². The second kappa shape index (κ2) is 10.3. The number of halogens is 1. The molecule has 7 nitrogen and oxygen atoms in total. The van der Waals surface area contributed by atoms with E-state index in [1.165, 1.54) is 17.8 Å². The first kappa shape index (κ1) is 23.8. The molecule has 2 aromatic carbocycles. The van der Waals surface area contributed by atoms with Crippen LogP contribution in [-0.4, -0.2) is 33.4 Å². The number of hydrogen-bond donors (Lipinski definition) is 1. The zero-order valence-electron chi connectivity index (χ0n) is 19.5. The van der Waals surface area contributed by atoms with Crippen LogP contribution in [0.3, 0.4) is 0 Å². The number of hydrogen-bond acceptors (Lipinski definition) is 7. The van der Waals surface area contributed by atoms with Gasteiger partial charge in [0.1, 0.15) is 17.6 Å². The Balaban J connectivity index is 1.72. The fraction of sp³-hybridized carbons (Fsp3) is 0.320. The van der Waals surface area contributed by atoms with Gasteiger partial charge in [0.15, 0.2) is 0 Å². The summed E-state index contributed by atoms with van der Waals surface area (Å²) in [6.45, 7) is 7.89. The minimum atomic E-state index is -0.557. The topological polar surface area (TPSA) is 78.3 Å². The molecule has 0 bridgehead atoms. The van der Waals surface area contributed by atoms with E-state index in [1.807, 2.05) is 52.0 Å². The smallest absolute Gasteiger partial charge is 0.338 e. The highest BCUT2D eigenvalue weighted by molar-refractivity contribution is 7.98. The number of benzene rings is 2. The van der Waals surface area contributed by atoms with Gasteiger partial charge in [-0.1, -0.05) is 42.1 Å². The van der Waals surface area contributed by atoms with Crippen molar-refractivity contribution in [3.63, 3.8) is 0 Å². The molecule has 1 aromatic heterocycles. The van der Waals surface area contributed by atoms with E-state index < -0.39 is 12.0 Å². The summed E-state index contributed by atoms with van der Waals surface area (Å²) in [7, 11) is 0. The first-order valence-electron chi connectivity index (χ1n) is 11.1. The zero-order valence-corrected chi connectivity index (χ0v) is 20.4. The summed E-state index contributed by atoms with van der Waals surface area (Å²) < 4.78 is 27.0. The molecule has 1 atom stereocenters. The number of allylic oxidation sites excluding steroid dienone is 1. The quantitative estimate of drug-likeness (QED) is 0.343. The van der Waals surface area contributed by atoms with E-state index in [2.05, 4.69) is 15.4 Å². The predicted octanol–water partition coefficient (Wildman–Crippen LogP) is 5.35. The Kier molecular flexibility index (Phi) is 7.21. The number of ether oxygens (including phenoxy) is 2. The first-order chi connectivity index (χ1) is 16.4. The number of fused-ring (bicyclic) bond motifs is 1. The molecule has 0 spiro atoms. The summed E-state index contributed by atoms with van der Waals surface area (Å²) in [5, 5.41) is 8.33. The molecule has 34 heavy (non-hydrogen) atoms. The number of nitrogens with zero attached hydrogens (tertiary/aromatic N) is 3. The number of thioether (sulfide) groups is 1. The standard InChI is InChI=1S/C25H27FN4O3S/c1-5-32-19-11-8-10-17(13-19)22-21(23(31)33-15(2)3)16(4)27-24-28-25(29-30(22)24)34-14-18-9-6-7-12-20(18)26/h6-13,15,22H,5,14H2,1-4H3,(H,27,28,29). The molecule has 1 aliphatic heterocycles. The predicted molar refractivity (Wildman–Crippen MR) is 129 cm³/mol. The van der Waals surface area contributed by atoms with Crippen molar-refractivity contribution in [1.29, 1.82) is 0 Å². The molecule has 0 saturated carbocycles. The van der Waals surface area contributed by atoms with Gasteiger partial charge in [0.2, 0.25) is 11.1 Å². The van der Waals surface area contributed by atoms with Gasteiger partial charge in [-0.3, -0.25) is 0 Å². The van der Waals surface area contributed by atoms with Crippen LogP contribution in [0, 0.1) is 5.82 Å². The van der Waals surface area contributed by atoms with Crippen molar-refractivity contribution in [1.82, 2.24) is 14.8 Å². The highest BCUT2D eigenvalue weighted by Gasteiger charge is 2.35. The van der Waals surface area contributed by atoms with Crippen molar-refractivity contribution < 1.29 is 18.7 Å². The Hall–Kier alpha value is -3.33. The molecule has 0 fully saturated rings. The number of carbonyl (C=O) groups excluding carboxylic acids is 1. The van der Waals surface area contributed by atoms with Gasteiger partial charge in [-0.25, -0.2) is 13.9 Å². The molecular weight excluding hydrogens is 455 g/mol. The van der Waals surface area contributed by atoms with Crippen molar-refractivity contribution in [2.45, 2.75) is 50.8 Å².